The molecule has 0 unspecified atom stereocenters. The molecule has 0 aliphatic rings. The minimum absolute atomic E-state index is 0.128. The van der Waals surface area contributed by atoms with Gasteiger partial charge in [-0.05, 0) is 6.07 Å². The average molecular weight is 288 g/mol. The molecule has 1 amide bonds. The van der Waals surface area contributed by atoms with Crippen LogP contribution in [-0.2, 0) is 14.8 Å². The van der Waals surface area contributed by atoms with Crippen molar-refractivity contribution >= 4 is 27.3 Å². The van der Waals surface area contributed by atoms with Crippen LogP contribution in [0.2, 0.25) is 0 Å². The summed E-state index contributed by atoms with van der Waals surface area (Å²) in [4.78, 5) is 19.9. The van der Waals surface area contributed by atoms with E-state index in [0.717, 1.165) is 18.2 Å². The first-order chi connectivity index (χ1) is 8.74. The number of nitrogens with one attached hydrogen (secondary N) is 1. The van der Waals surface area contributed by atoms with E-state index in [0.29, 0.717) is 0 Å². The second kappa shape index (κ2) is 5.63. The summed E-state index contributed by atoms with van der Waals surface area (Å²) < 4.78 is 25.8. The van der Waals surface area contributed by atoms with Crippen molar-refractivity contribution in [3.05, 3.63) is 28.3 Å². The van der Waals surface area contributed by atoms with Gasteiger partial charge in [0, 0.05) is 25.1 Å². The fourth-order valence-electron chi connectivity index (χ4n) is 1.26. The number of nitrogens with zero attached hydrogens (tertiary/aromatic N) is 1. The van der Waals surface area contributed by atoms with Gasteiger partial charge in [0.05, 0.1) is 10.6 Å². The molecule has 9 nitrogen and oxygen atoms in total. The molecule has 0 aromatic heterocycles. The van der Waals surface area contributed by atoms with E-state index in [-0.39, 0.29) is 18.7 Å². The highest BCUT2D eigenvalue weighted by molar-refractivity contribution is 7.89. The molecule has 0 heterocycles. The van der Waals surface area contributed by atoms with Crippen LogP contribution in [-0.4, -0.2) is 25.8 Å². The lowest BCUT2D eigenvalue weighted by atomic mass is 10.3. The summed E-state index contributed by atoms with van der Waals surface area (Å²) in [7, 11) is -4.03. The third-order valence-electron chi connectivity index (χ3n) is 2.16. The third kappa shape index (κ3) is 3.89. The second-order valence-corrected chi connectivity index (χ2v) is 5.33. The Hall–Kier alpha value is -2.20. The fourth-order valence-corrected chi connectivity index (χ4v) is 2.44. The number of carbonyl (C=O) groups excluding carboxylic acids is 1. The number of amides is 1. The van der Waals surface area contributed by atoms with Crippen molar-refractivity contribution in [1.29, 1.82) is 0 Å². The Bertz CT molecular complexity index is 613. The van der Waals surface area contributed by atoms with Gasteiger partial charge in [0.1, 0.15) is 4.90 Å². The molecular weight excluding hydrogens is 276 g/mol. The molecule has 0 atom stereocenters. The molecule has 1 rings (SSSR count). The molecule has 1 aromatic rings. The number of non-ortho nitro benzene ring substituents is 1. The van der Waals surface area contributed by atoms with Crippen LogP contribution in [0, 0.1) is 10.1 Å². The van der Waals surface area contributed by atoms with Gasteiger partial charge in [0.2, 0.25) is 15.9 Å². The van der Waals surface area contributed by atoms with Gasteiger partial charge >= 0.3 is 0 Å². The monoisotopic (exact) mass is 288 g/mol. The zero-order valence-electron chi connectivity index (χ0n) is 9.70. The Morgan fingerprint density at radius 1 is 1.42 bits per heavy atom. The van der Waals surface area contributed by atoms with E-state index in [4.69, 9.17) is 11.5 Å². The van der Waals surface area contributed by atoms with Crippen molar-refractivity contribution < 1.29 is 18.1 Å². The number of carbonyl (C=O) groups is 1. The number of hydrogen-bond acceptors (Lipinski definition) is 6. The first kappa shape index (κ1) is 14.9. The number of rotatable bonds is 6. The molecule has 0 radical (unpaired) electrons. The van der Waals surface area contributed by atoms with Crippen molar-refractivity contribution in [2.45, 2.75) is 11.3 Å². The highest BCUT2D eigenvalue weighted by Gasteiger charge is 2.20. The van der Waals surface area contributed by atoms with E-state index in [1.54, 1.807) is 0 Å². The van der Waals surface area contributed by atoms with Gasteiger partial charge in [-0.1, -0.05) is 0 Å². The summed E-state index contributed by atoms with van der Waals surface area (Å²) in [5.41, 5.74) is 9.81. The van der Waals surface area contributed by atoms with Crippen molar-refractivity contribution in [3.8, 4) is 0 Å². The third-order valence-corrected chi connectivity index (χ3v) is 3.68. The molecule has 1 aromatic carbocycles. The molecule has 0 saturated carbocycles. The summed E-state index contributed by atoms with van der Waals surface area (Å²) in [5, 5.41) is 10.6. The van der Waals surface area contributed by atoms with Gasteiger partial charge in [-0.3, -0.25) is 14.9 Å². The molecule has 0 bridgehead atoms. The van der Waals surface area contributed by atoms with E-state index >= 15 is 0 Å². The van der Waals surface area contributed by atoms with Crippen molar-refractivity contribution in [3.63, 3.8) is 0 Å². The molecular formula is C9H12N4O5S. The summed E-state index contributed by atoms with van der Waals surface area (Å²) in [6.07, 6.45) is -0.186. The van der Waals surface area contributed by atoms with Gasteiger partial charge in [0.15, 0.2) is 0 Å². The van der Waals surface area contributed by atoms with Crippen LogP contribution in [0.5, 0.6) is 0 Å². The van der Waals surface area contributed by atoms with Crippen LogP contribution in [0.1, 0.15) is 6.42 Å². The van der Waals surface area contributed by atoms with Gasteiger partial charge in [-0.15, -0.1) is 0 Å². The van der Waals surface area contributed by atoms with Crippen molar-refractivity contribution in [1.82, 2.24) is 4.72 Å². The second-order valence-electron chi connectivity index (χ2n) is 3.59. The van der Waals surface area contributed by atoms with Gasteiger partial charge < -0.3 is 11.5 Å². The number of nitro benzene ring substituents is 1. The lowest BCUT2D eigenvalue weighted by Gasteiger charge is -2.08. The highest BCUT2D eigenvalue weighted by atomic mass is 32.2. The van der Waals surface area contributed by atoms with Gasteiger partial charge in [-0.25, -0.2) is 13.1 Å². The molecule has 10 heteroatoms. The molecule has 19 heavy (non-hydrogen) atoms. The first-order valence-electron chi connectivity index (χ1n) is 5.06. The van der Waals surface area contributed by atoms with E-state index in [9.17, 15) is 23.3 Å². The Kier molecular flexibility index (Phi) is 4.40. The van der Waals surface area contributed by atoms with E-state index in [2.05, 4.69) is 4.72 Å². The predicted octanol–water partition coefficient (Wildman–Crippen LogP) is -0.669. The standard InChI is InChI=1S/C9H12N4O5S/c10-7-2-1-6(13(15)16)5-8(7)19(17,18)12-4-3-9(11)14/h1-2,5,12H,3-4,10H2,(H2,11,14). The number of nitrogens with two attached hydrogens (primary N) is 2. The number of hydrogen-bond donors (Lipinski definition) is 3. The molecule has 0 fully saturated rings. The maximum Gasteiger partial charge on any atom is 0.270 e. The Morgan fingerprint density at radius 2 is 2.05 bits per heavy atom. The van der Waals surface area contributed by atoms with E-state index in [1.165, 1.54) is 0 Å². The van der Waals surface area contributed by atoms with Crippen LogP contribution in [0.3, 0.4) is 0 Å². The number of sulfonamides is 1. The Labute approximate surface area is 108 Å². The largest absolute Gasteiger partial charge is 0.398 e. The van der Waals surface area contributed by atoms with Gasteiger partial charge in [-0.2, -0.15) is 0 Å². The molecule has 0 aliphatic heterocycles. The number of primary amides is 1. The maximum absolute atomic E-state index is 11.8. The summed E-state index contributed by atoms with van der Waals surface area (Å²) in [5.74, 6) is -0.672. The first-order valence-corrected chi connectivity index (χ1v) is 6.54. The predicted molar refractivity (Wildman–Crippen MR) is 66.5 cm³/mol. The lowest BCUT2D eigenvalue weighted by Crippen LogP contribution is -2.28. The minimum atomic E-state index is -4.03. The molecule has 0 saturated heterocycles. The zero-order chi connectivity index (χ0) is 14.6. The number of anilines is 1. The van der Waals surface area contributed by atoms with E-state index < -0.39 is 31.4 Å². The summed E-state index contributed by atoms with van der Waals surface area (Å²) in [6, 6.07) is 3.07. The molecule has 5 N–H and O–H groups in total. The number of nitro groups is 1. The SMILES string of the molecule is NC(=O)CCNS(=O)(=O)c1cc([N+](=O)[O-])ccc1N. The topological polar surface area (TPSA) is 158 Å². The summed E-state index contributed by atoms with van der Waals surface area (Å²) in [6.45, 7) is -0.209. The Balaban J connectivity index is 3.03. The highest BCUT2D eigenvalue weighted by Crippen LogP contribution is 2.23. The van der Waals surface area contributed by atoms with Crippen molar-refractivity contribution in [2.24, 2.45) is 5.73 Å². The summed E-state index contributed by atoms with van der Waals surface area (Å²) >= 11 is 0. The lowest BCUT2D eigenvalue weighted by molar-refractivity contribution is -0.385. The molecule has 0 spiro atoms. The smallest absolute Gasteiger partial charge is 0.270 e. The van der Waals surface area contributed by atoms with Crippen LogP contribution in [0.25, 0.3) is 0 Å². The normalized spacial score (nSPS) is 11.2. The average Bonchev–Trinajstić information content (AvgIpc) is 2.28. The quantitative estimate of drug-likeness (QED) is 0.357. The van der Waals surface area contributed by atoms with Gasteiger partial charge in [0.25, 0.3) is 5.69 Å². The maximum atomic E-state index is 11.8. The van der Waals surface area contributed by atoms with Crippen molar-refractivity contribution in [2.75, 3.05) is 12.3 Å². The van der Waals surface area contributed by atoms with Crippen LogP contribution in [0.15, 0.2) is 23.1 Å². The minimum Gasteiger partial charge on any atom is -0.398 e. The number of benzene rings is 1. The van der Waals surface area contributed by atoms with Crippen LogP contribution >= 0.6 is 0 Å². The molecule has 0 aliphatic carbocycles. The van der Waals surface area contributed by atoms with Crippen LogP contribution < -0.4 is 16.2 Å². The zero-order valence-corrected chi connectivity index (χ0v) is 10.5. The number of nitrogen functional groups attached to an aromatic ring is 1. The Morgan fingerprint density at radius 3 is 2.58 bits per heavy atom. The fraction of sp³-hybridized carbons (Fsp3) is 0.222. The van der Waals surface area contributed by atoms with E-state index in [1.807, 2.05) is 0 Å². The van der Waals surface area contributed by atoms with Crippen LogP contribution in [0.4, 0.5) is 11.4 Å². The molecule has 104 valence electrons.